The van der Waals surface area contributed by atoms with Crippen molar-refractivity contribution in [1.82, 2.24) is 15.4 Å². The van der Waals surface area contributed by atoms with Gasteiger partial charge in [0.2, 0.25) is 10.0 Å². The molecule has 0 aromatic heterocycles. The zero-order valence-electron chi connectivity index (χ0n) is 13.6. The van der Waals surface area contributed by atoms with E-state index in [1.807, 2.05) is 0 Å². The number of nitrogens with one attached hydrogen (secondary N) is 3. The monoisotopic (exact) mass is 377 g/mol. The first-order valence-corrected chi connectivity index (χ1v) is 9.11. The van der Waals surface area contributed by atoms with Crippen molar-refractivity contribution in [2.45, 2.75) is 23.8 Å². The Kier molecular flexibility index (Phi) is 8.65. The first kappa shape index (κ1) is 20.9. The second-order valence-electron chi connectivity index (χ2n) is 5.42. The van der Waals surface area contributed by atoms with Crippen LogP contribution in [-0.4, -0.2) is 53.7 Å². The number of ether oxygens (including phenoxy) is 1. The Bertz CT molecular complexity index is 633. The summed E-state index contributed by atoms with van der Waals surface area (Å²) in [5, 5.41) is 6.13. The summed E-state index contributed by atoms with van der Waals surface area (Å²) in [6, 6.07) is 6.30. The number of amides is 1. The van der Waals surface area contributed by atoms with Gasteiger partial charge in [0.05, 0.1) is 11.5 Å². The third-order valence-electron chi connectivity index (χ3n) is 3.68. The maximum absolute atomic E-state index is 12.2. The molecule has 1 amide bonds. The van der Waals surface area contributed by atoms with Crippen LogP contribution < -0.4 is 15.4 Å². The predicted octanol–water partition coefficient (Wildman–Crippen LogP) is 0.515. The molecule has 2 rings (SSSR count). The zero-order chi connectivity index (χ0) is 16.7. The van der Waals surface area contributed by atoms with Crippen LogP contribution in [0.4, 0.5) is 0 Å². The minimum Gasteiger partial charge on any atom is -0.383 e. The molecule has 0 radical (unpaired) electrons. The molecule has 1 heterocycles. The first-order chi connectivity index (χ1) is 11.0. The summed E-state index contributed by atoms with van der Waals surface area (Å²) in [5.74, 6) is -0.271. The zero-order valence-corrected chi connectivity index (χ0v) is 15.2. The van der Waals surface area contributed by atoms with Gasteiger partial charge >= 0.3 is 0 Å². The molecule has 9 heteroatoms. The van der Waals surface area contributed by atoms with Gasteiger partial charge in [-0.1, -0.05) is 6.07 Å². The highest BCUT2D eigenvalue weighted by molar-refractivity contribution is 7.89. The van der Waals surface area contributed by atoms with E-state index in [0.29, 0.717) is 18.2 Å². The van der Waals surface area contributed by atoms with Gasteiger partial charge in [0.15, 0.2) is 0 Å². The Hall–Kier alpha value is -1.19. The van der Waals surface area contributed by atoms with Gasteiger partial charge in [-0.3, -0.25) is 4.79 Å². The number of rotatable bonds is 8. The number of carbonyl (C=O) groups excluding carboxylic acids is 1. The van der Waals surface area contributed by atoms with Gasteiger partial charge in [-0.2, -0.15) is 0 Å². The van der Waals surface area contributed by atoms with Gasteiger partial charge in [0.1, 0.15) is 0 Å². The fourth-order valence-electron chi connectivity index (χ4n) is 2.41. The highest BCUT2D eigenvalue weighted by atomic mass is 35.5. The summed E-state index contributed by atoms with van der Waals surface area (Å²) < 4.78 is 31.5. The highest BCUT2D eigenvalue weighted by Crippen LogP contribution is 2.12. The van der Waals surface area contributed by atoms with Crippen molar-refractivity contribution in [2.24, 2.45) is 0 Å². The van der Waals surface area contributed by atoms with Crippen LogP contribution in [0, 0.1) is 0 Å². The van der Waals surface area contributed by atoms with E-state index < -0.39 is 10.0 Å². The lowest BCUT2D eigenvalue weighted by Gasteiger charge is -2.12. The van der Waals surface area contributed by atoms with Crippen LogP contribution in [0.2, 0.25) is 0 Å². The van der Waals surface area contributed by atoms with Crippen LogP contribution in [0.3, 0.4) is 0 Å². The molecule has 1 atom stereocenters. The van der Waals surface area contributed by atoms with Crippen LogP contribution in [0.1, 0.15) is 23.2 Å². The van der Waals surface area contributed by atoms with Gasteiger partial charge in [-0.25, -0.2) is 13.1 Å². The summed E-state index contributed by atoms with van der Waals surface area (Å²) in [4.78, 5) is 12.2. The molecule has 1 saturated heterocycles. The van der Waals surface area contributed by atoms with E-state index in [1.54, 1.807) is 12.1 Å². The first-order valence-electron chi connectivity index (χ1n) is 7.63. The van der Waals surface area contributed by atoms with Crippen molar-refractivity contribution in [3.8, 4) is 0 Å². The predicted molar refractivity (Wildman–Crippen MR) is 94.1 cm³/mol. The third kappa shape index (κ3) is 6.03. The normalized spacial score (nSPS) is 17.3. The number of hydrogen-bond donors (Lipinski definition) is 3. The molecule has 1 aliphatic heterocycles. The Labute approximate surface area is 149 Å². The van der Waals surface area contributed by atoms with E-state index in [1.165, 1.54) is 19.2 Å². The van der Waals surface area contributed by atoms with E-state index >= 15 is 0 Å². The lowest BCUT2D eigenvalue weighted by Crippen LogP contribution is -2.37. The molecular formula is C15H24ClN3O4S. The quantitative estimate of drug-likeness (QED) is 0.574. The summed E-state index contributed by atoms with van der Waals surface area (Å²) in [5.41, 5.74) is 0.331. The van der Waals surface area contributed by atoms with Crippen molar-refractivity contribution in [2.75, 3.05) is 33.4 Å². The van der Waals surface area contributed by atoms with Crippen LogP contribution >= 0.6 is 12.4 Å². The van der Waals surface area contributed by atoms with Crippen LogP contribution in [0.5, 0.6) is 0 Å². The molecule has 24 heavy (non-hydrogen) atoms. The molecule has 7 nitrogen and oxygen atoms in total. The van der Waals surface area contributed by atoms with Crippen molar-refractivity contribution in [1.29, 1.82) is 0 Å². The molecule has 1 fully saturated rings. The molecule has 1 unspecified atom stereocenters. The SMILES string of the molecule is COCCNS(=O)(=O)c1cccc(C(=O)NCC2CCCN2)c1.Cl. The minimum absolute atomic E-state index is 0. The van der Waals surface area contributed by atoms with E-state index in [-0.39, 0.29) is 36.4 Å². The Morgan fingerprint density at radius 2 is 2.21 bits per heavy atom. The second kappa shape index (κ2) is 9.95. The molecule has 0 aliphatic carbocycles. The largest absolute Gasteiger partial charge is 0.383 e. The smallest absolute Gasteiger partial charge is 0.251 e. The molecule has 1 aromatic carbocycles. The lowest BCUT2D eigenvalue weighted by atomic mass is 10.2. The summed E-state index contributed by atoms with van der Waals surface area (Å²) in [6.07, 6.45) is 2.15. The fourth-order valence-corrected chi connectivity index (χ4v) is 3.47. The molecule has 0 saturated carbocycles. The van der Waals surface area contributed by atoms with Crippen LogP contribution in [-0.2, 0) is 14.8 Å². The molecular weight excluding hydrogens is 354 g/mol. The Balaban J connectivity index is 0.00000288. The van der Waals surface area contributed by atoms with E-state index in [2.05, 4.69) is 15.4 Å². The van der Waals surface area contributed by atoms with Crippen molar-refractivity contribution >= 4 is 28.3 Å². The van der Waals surface area contributed by atoms with Crippen LogP contribution in [0.25, 0.3) is 0 Å². The van der Waals surface area contributed by atoms with Gasteiger partial charge in [0.25, 0.3) is 5.91 Å². The molecule has 0 bridgehead atoms. The van der Waals surface area contributed by atoms with Gasteiger partial charge < -0.3 is 15.4 Å². The molecule has 1 aliphatic rings. The molecule has 0 spiro atoms. The van der Waals surface area contributed by atoms with Gasteiger partial charge in [-0.05, 0) is 37.6 Å². The maximum atomic E-state index is 12.2. The van der Waals surface area contributed by atoms with E-state index in [0.717, 1.165) is 19.4 Å². The number of halogens is 1. The minimum atomic E-state index is -3.64. The highest BCUT2D eigenvalue weighted by Gasteiger charge is 2.18. The number of sulfonamides is 1. The maximum Gasteiger partial charge on any atom is 0.251 e. The van der Waals surface area contributed by atoms with E-state index in [9.17, 15) is 13.2 Å². The average molecular weight is 378 g/mol. The van der Waals surface area contributed by atoms with Gasteiger partial charge in [0, 0.05) is 31.8 Å². The van der Waals surface area contributed by atoms with E-state index in [4.69, 9.17) is 4.74 Å². The van der Waals surface area contributed by atoms with Crippen LogP contribution in [0.15, 0.2) is 29.2 Å². The third-order valence-corrected chi connectivity index (χ3v) is 5.13. The fraction of sp³-hybridized carbons (Fsp3) is 0.533. The summed E-state index contributed by atoms with van der Waals surface area (Å²) in [7, 11) is -2.14. The summed E-state index contributed by atoms with van der Waals surface area (Å²) >= 11 is 0. The number of benzene rings is 1. The van der Waals surface area contributed by atoms with Crippen molar-refractivity contribution in [3.63, 3.8) is 0 Å². The van der Waals surface area contributed by atoms with Gasteiger partial charge in [-0.15, -0.1) is 12.4 Å². The Morgan fingerprint density at radius 1 is 1.42 bits per heavy atom. The topological polar surface area (TPSA) is 96.5 Å². The molecule has 3 N–H and O–H groups in total. The molecule has 136 valence electrons. The average Bonchev–Trinajstić information content (AvgIpc) is 3.06. The van der Waals surface area contributed by atoms with Crippen molar-refractivity contribution < 1.29 is 17.9 Å². The molecule has 1 aromatic rings. The second-order valence-corrected chi connectivity index (χ2v) is 7.19. The Morgan fingerprint density at radius 3 is 2.88 bits per heavy atom. The number of hydrogen-bond acceptors (Lipinski definition) is 5. The van der Waals surface area contributed by atoms with Crippen molar-refractivity contribution in [3.05, 3.63) is 29.8 Å². The summed E-state index contributed by atoms with van der Waals surface area (Å²) in [6.45, 7) is 1.99. The lowest BCUT2D eigenvalue weighted by molar-refractivity contribution is 0.0950. The standard InChI is InChI=1S/C15H23N3O4S.ClH/c1-22-9-8-18-23(20,21)14-6-2-4-12(10-14)15(19)17-11-13-5-3-7-16-13;/h2,4,6,10,13,16,18H,3,5,7-9,11H2,1H3,(H,17,19);1H. The number of methoxy groups -OCH3 is 1. The number of carbonyl (C=O) groups is 1.